The molecule has 0 unspecified atom stereocenters. The smallest absolute Gasteiger partial charge is 0.110 e. The van der Waals surface area contributed by atoms with Gasteiger partial charge in [0.1, 0.15) is 11.6 Å². The molecule has 3 rings (SSSR count). The molecule has 0 bridgehead atoms. The molecular weight excluding hydrogens is 238 g/mol. The number of rotatable bonds is 3. The van der Waals surface area contributed by atoms with Gasteiger partial charge >= 0.3 is 0 Å². The second kappa shape index (κ2) is 4.51. The number of fused-ring (bicyclic) bond motifs is 1. The first kappa shape index (κ1) is 11.9. The molecule has 0 aliphatic carbocycles. The van der Waals surface area contributed by atoms with E-state index in [2.05, 4.69) is 31.7 Å². The van der Waals surface area contributed by atoms with Crippen LogP contribution in [0, 0.1) is 6.92 Å². The van der Waals surface area contributed by atoms with Crippen molar-refractivity contribution in [1.82, 2.24) is 19.5 Å². The molecular formula is C14H17N5. The van der Waals surface area contributed by atoms with E-state index < -0.39 is 0 Å². The molecule has 1 aromatic carbocycles. The number of nitrogens with two attached hydrogens (primary N) is 1. The van der Waals surface area contributed by atoms with Crippen molar-refractivity contribution in [3.05, 3.63) is 36.0 Å². The predicted molar refractivity (Wildman–Crippen MR) is 75.8 cm³/mol. The summed E-state index contributed by atoms with van der Waals surface area (Å²) < 4.78 is 2.09. The second-order valence-corrected chi connectivity index (χ2v) is 4.71. The van der Waals surface area contributed by atoms with Crippen LogP contribution in [0.5, 0.6) is 0 Å². The van der Waals surface area contributed by atoms with Crippen molar-refractivity contribution in [2.75, 3.05) is 6.54 Å². The first-order valence-electron chi connectivity index (χ1n) is 6.36. The lowest BCUT2D eigenvalue weighted by molar-refractivity contribution is 0.782. The minimum absolute atomic E-state index is 0.614. The highest BCUT2D eigenvalue weighted by molar-refractivity contribution is 5.81. The molecule has 0 radical (unpaired) electrons. The maximum Gasteiger partial charge on any atom is 0.110 e. The van der Waals surface area contributed by atoms with Crippen LogP contribution in [0.2, 0.25) is 0 Å². The van der Waals surface area contributed by atoms with Gasteiger partial charge in [0.05, 0.1) is 22.9 Å². The van der Waals surface area contributed by atoms with Crippen LogP contribution in [0.15, 0.2) is 24.4 Å². The lowest BCUT2D eigenvalue weighted by atomic mass is 10.1. The van der Waals surface area contributed by atoms with Crippen molar-refractivity contribution >= 4 is 11.0 Å². The van der Waals surface area contributed by atoms with Gasteiger partial charge < -0.3 is 15.3 Å². The Morgan fingerprint density at radius 2 is 2.21 bits per heavy atom. The van der Waals surface area contributed by atoms with E-state index in [9.17, 15) is 0 Å². The molecule has 0 fully saturated rings. The van der Waals surface area contributed by atoms with Crippen LogP contribution in [-0.4, -0.2) is 26.1 Å². The molecule has 19 heavy (non-hydrogen) atoms. The van der Waals surface area contributed by atoms with Gasteiger partial charge in [0.2, 0.25) is 0 Å². The summed E-state index contributed by atoms with van der Waals surface area (Å²) in [4.78, 5) is 12.1. The number of imidazole rings is 2. The van der Waals surface area contributed by atoms with Crippen molar-refractivity contribution in [3.8, 4) is 11.3 Å². The average molecular weight is 255 g/mol. The molecule has 0 aliphatic rings. The van der Waals surface area contributed by atoms with Crippen LogP contribution >= 0.6 is 0 Å². The molecule has 3 aromatic rings. The normalized spacial score (nSPS) is 11.3. The number of benzene rings is 1. The van der Waals surface area contributed by atoms with Gasteiger partial charge in [-0.15, -0.1) is 0 Å². The topological polar surface area (TPSA) is 72.5 Å². The van der Waals surface area contributed by atoms with Crippen molar-refractivity contribution in [2.24, 2.45) is 12.8 Å². The lowest BCUT2D eigenvalue weighted by Gasteiger charge is -2.05. The SMILES string of the molecule is Cc1nc2ccc(-c3cnc(CCN)n3C)cc2[nH]1. The Labute approximate surface area is 111 Å². The molecule has 0 aliphatic heterocycles. The Kier molecular flexibility index (Phi) is 2.83. The van der Waals surface area contributed by atoms with E-state index >= 15 is 0 Å². The summed E-state index contributed by atoms with van der Waals surface area (Å²) in [6.07, 6.45) is 2.69. The maximum absolute atomic E-state index is 5.59. The fourth-order valence-corrected chi connectivity index (χ4v) is 2.37. The molecule has 0 saturated carbocycles. The Morgan fingerprint density at radius 3 is 3.00 bits per heavy atom. The molecule has 0 atom stereocenters. The van der Waals surface area contributed by atoms with Gasteiger partial charge in [0, 0.05) is 19.0 Å². The number of hydrogen-bond acceptors (Lipinski definition) is 3. The Balaban J connectivity index is 2.08. The summed E-state index contributed by atoms with van der Waals surface area (Å²) in [5.74, 6) is 1.94. The van der Waals surface area contributed by atoms with Gasteiger partial charge in [-0.1, -0.05) is 6.07 Å². The number of hydrogen-bond donors (Lipinski definition) is 2. The van der Waals surface area contributed by atoms with Crippen LogP contribution < -0.4 is 5.73 Å². The number of H-pyrrole nitrogens is 1. The van der Waals surface area contributed by atoms with Crippen LogP contribution in [0.25, 0.3) is 22.3 Å². The third-order valence-electron chi connectivity index (χ3n) is 3.35. The zero-order chi connectivity index (χ0) is 13.4. The quantitative estimate of drug-likeness (QED) is 0.749. The Bertz CT molecular complexity index is 723. The fourth-order valence-electron chi connectivity index (χ4n) is 2.37. The number of aryl methyl sites for hydroxylation is 1. The van der Waals surface area contributed by atoms with E-state index in [1.807, 2.05) is 26.2 Å². The van der Waals surface area contributed by atoms with Gasteiger partial charge in [-0.25, -0.2) is 9.97 Å². The highest BCUT2D eigenvalue weighted by Crippen LogP contribution is 2.23. The molecule has 0 spiro atoms. The van der Waals surface area contributed by atoms with Gasteiger partial charge in [-0.3, -0.25) is 0 Å². The first-order chi connectivity index (χ1) is 9.19. The molecule has 0 amide bonds. The van der Waals surface area contributed by atoms with Gasteiger partial charge in [0.25, 0.3) is 0 Å². The van der Waals surface area contributed by atoms with E-state index in [4.69, 9.17) is 5.73 Å². The summed E-state index contributed by atoms with van der Waals surface area (Å²) in [5.41, 5.74) is 9.86. The van der Waals surface area contributed by atoms with E-state index in [1.54, 1.807) is 0 Å². The summed E-state index contributed by atoms with van der Waals surface area (Å²) in [6, 6.07) is 6.22. The minimum atomic E-state index is 0.614. The Morgan fingerprint density at radius 1 is 1.37 bits per heavy atom. The predicted octanol–water partition coefficient (Wildman–Crippen LogP) is 1.77. The standard InChI is InChI=1S/C14H17N5/c1-9-17-11-4-3-10(7-12(11)18-9)13-8-16-14(5-6-15)19(13)2/h3-4,7-8H,5-6,15H2,1-2H3,(H,17,18). The summed E-state index contributed by atoms with van der Waals surface area (Å²) in [5, 5.41) is 0. The zero-order valence-electron chi connectivity index (χ0n) is 11.1. The molecule has 5 nitrogen and oxygen atoms in total. The van der Waals surface area contributed by atoms with Crippen molar-refractivity contribution in [1.29, 1.82) is 0 Å². The van der Waals surface area contributed by atoms with Crippen molar-refractivity contribution in [3.63, 3.8) is 0 Å². The highest BCUT2D eigenvalue weighted by atomic mass is 15.1. The van der Waals surface area contributed by atoms with E-state index in [-0.39, 0.29) is 0 Å². The summed E-state index contributed by atoms with van der Waals surface area (Å²) in [7, 11) is 2.02. The van der Waals surface area contributed by atoms with E-state index in [0.717, 1.165) is 40.4 Å². The lowest BCUT2D eigenvalue weighted by Crippen LogP contribution is -2.08. The van der Waals surface area contributed by atoms with E-state index in [1.165, 1.54) is 0 Å². The zero-order valence-corrected chi connectivity index (χ0v) is 11.1. The average Bonchev–Trinajstić information content (AvgIpc) is 2.92. The van der Waals surface area contributed by atoms with Crippen molar-refractivity contribution < 1.29 is 0 Å². The summed E-state index contributed by atoms with van der Waals surface area (Å²) >= 11 is 0. The molecule has 2 heterocycles. The molecule has 3 N–H and O–H groups in total. The number of nitrogens with one attached hydrogen (secondary N) is 1. The molecule has 2 aromatic heterocycles. The van der Waals surface area contributed by atoms with Gasteiger partial charge in [0.15, 0.2) is 0 Å². The molecule has 5 heteroatoms. The number of nitrogens with zero attached hydrogens (tertiary/aromatic N) is 3. The van der Waals surface area contributed by atoms with Crippen LogP contribution in [0.1, 0.15) is 11.6 Å². The Hall–Kier alpha value is -2.14. The van der Waals surface area contributed by atoms with Crippen LogP contribution in [0.3, 0.4) is 0 Å². The van der Waals surface area contributed by atoms with Crippen LogP contribution in [-0.2, 0) is 13.5 Å². The van der Waals surface area contributed by atoms with Gasteiger partial charge in [-0.05, 0) is 25.6 Å². The van der Waals surface area contributed by atoms with Crippen LogP contribution in [0.4, 0.5) is 0 Å². The minimum Gasteiger partial charge on any atom is -0.342 e. The first-order valence-corrected chi connectivity index (χ1v) is 6.36. The third kappa shape index (κ3) is 2.02. The summed E-state index contributed by atoms with van der Waals surface area (Å²) in [6.45, 7) is 2.58. The third-order valence-corrected chi connectivity index (χ3v) is 3.35. The monoisotopic (exact) mass is 255 g/mol. The highest BCUT2D eigenvalue weighted by Gasteiger charge is 2.09. The number of aromatic nitrogens is 4. The fraction of sp³-hybridized carbons (Fsp3) is 0.286. The number of aromatic amines is 1. The van der Waals surface area contributed by atoms with Gasteiger partial charge in [-0.2, -0.15) is 0 Å². The maximum atomic E-state index is 5.59. The van der Waals surface area contributed by atoms with E-state index in [0.29, 0.717) is 6.54 Å². The largest absolute Gasteiger partial charge is 0.342 e. The molecule has 98 valence electrons. The molecule has 0 saturated heterocycles. The van der Waals surface area contributed by atoms with Crippen molar-refractivity contribution in [2.45, 2.75) is 13.3 Å². The second-order valence-electron chi connectivity index (χ2n) is 4.71.